The molecular formula is C12H24O3Si. The van der Waals surface area contributed by atoms with Crippen LogP contribution in [0.3, 0.4) is 0 Å². The molecule has 3 nitrogen and oxygen atoms in total. The van der Waals surface area contributed by atoms with Gasteiger partial charge in [0.2, 0.25) is 0 Å². The third-order valence-corrected chi connectivity index (χ3v) is 3.25. The second-order valence-electron chi connectivity index (χ2n) is 5.30. The van der Waals surface area contributed by atoms with Crippen LogP contribution in [-0.4, -0.2) is 40.4 Å². The van der Waals surface area contributed by atoms with Crippen molar-refractivity contribution in [1.29, 1.82) is 0 Å². The van der Waals surface area contributed by atoms with Crippen LogP contribution in [0.15, 0.2) is 12.2 Å². The molecule has 0 saturated carbocycles. The van der Waals surface area contributed by atoms with Crippen LogP contribution in [0.25, 0.3) is 0 Å². The standard InChI is InChI=1S/C12H24O3Si/c1-16(2,3)11-13-8-6-4-5-7-12-14-9-10-15-12/h4,6,12H,5,7-11H2,1-3H3/b6-4+. The normalized spacial score (nSPS) is 18.7. The summed E-state index contributed by atoms with van der Waals surface area (Å²) in [6.07, 6.45) is 7.15. The van der Waals surface area contributed by atoms with Gasteiger partial charge in [-0.3, -0.25) is 0 Å². The van der Waals surface area contributed by atoms with Gasteiger partial charge in [0.05, 0.1) is 27.9 Å². The lowest BCUT2D eigenvalue weighted by molar-refractivity contribution is -0.0457. The van der Waals surface area contributed by atoms with Gasteiger partial charge in [0.15, 0.2) is 6.29 Å². The Hall–Kier alpha value is -0.163. The van der Waals surface area contributed by atoms with Crippen molar-refractivity contribution in [3.05, 3.63) is 12.2 Å². The van der Waals surface area contributed by atoms with Crippen LogP contribution in [0.2, 0.25) is 19.6 Å². The smallest absolute Gasteiger partial charge is 0.158 e. The molecule has 0 amide bonds. The zero-order valence-corrected chi connectivity index (χ0v) is 11.7. The average Bonchev–Trinajstić information content (AvgIpc) is 2.67. The molecule has 0 unspecified atom stereocenters. The molecule has 0 radical (unpaired) electrons. The van der Waals surface area contributed by atoms with Gasteiger partial charge in [0.25, 0.3) is 0 Å². The van der Waals surface area contributed by atoms with Crippen molar-refractivity contribution in [2.24, 2.45) is 0 Å². The number of rotatable bonds is 7. The number of hydrogen-bond acceptors (Lipinski definition) is 3. The summed E-state index contributed by atoms with van der Waals surface area (Å²) in [5, 5.41) is 0. The van der Waals surface area contributed by atoms with Gasteiger partial charge in [-0.25, -0.2) is 0 Å². The van der Waals surface area contributed by atoms with Crippen molar-refractivity contribution in [3.8, 4) is 0 Å². The van der Waals surface area contributed by atoms with E-state index in [-0.39, 0.29) is 6.29 Å². The van der Waals surface area contributed by atoms with E-state index in [1.54, 1.807) is 0 Å². The highest BCUT2D eigenvalue weighted by Gasteiger charge is 2.14. The fraction of sp³-hybridized carbons (Fsp3) is 0.833. The predicted molar refractivity (Wildman–Crippen MR) is 68.2 cm³/mol. The van der Waals surface area contributed by atoms with E-state index >= 15 is 0 Å². The fourth-order valence-electron chi connectivity index (χ4n) is 1.43. The first-order chi connectivity index (χ1) is 7.58. The molecule has 0 aromatic heterocycles. The van der Waals surface area contributed by atoms with Gasteiger partial charge in [0, 0.05) is 12.7 Å². The van der Waals surface area contributed by atoms with E-state index < -0.39 is 8.07 Å². The lowest BCUT2D eigenvalue weighted by Gasteiger charge is -2.14. The second kappa shape index (κ2) is 7.22. The lowest BCUT2D eigenvalue weighted by atomic mass is 10.3. The summed E-state index contributed by atoms with van der Waals surface area (Å²) in [6, 6.07) is 0. The van der Waals surface area contributed by atoms with Crippen LogP contribution in [0, 0.1) is 0 Å². The Labute approximate surface area is 99.8 Å². The highest BCUT2D eigenvalue weighted by atomic mass is 28.3. The van der Waals surface area contributed by atoms with Crippen molar-refractivity contribution in [1.82, 2.24) is 0 Å². The Balaban J connectivity index is 1.92. The molecule has 1 rings (SSSR count). The highest BCUT2D eigenvalue weighted by Crippen LogP contribution is 2.10. The zero-order valence-electron chi connectivity index (χ0n) is 10.7. The van der Waals surface area contributed by atoms with Crippen LogP contribution in [0.5, 0.6) is 0 Å². The van der Waals surface area contributed by atoms with Crippen molar-refractivity contribution >= 4 is 8.07 Å². The van der Waals surface area contributed by atoms with E-state index in [1.165, 1.54) is 0 Å². The fourth-order valence-corrected chi connectivity index (χ4v) is 2.16. The van der Waals surface area contributed by atoms with E-state index in [2.05, 4.69) is 31.8 Å². The Bertz CT molecular complexity index is 205. The van der Waals surface area contributed by atoms with E-state index in [0.29, 0.717) is 0 Å². The van der Waals surface area contributed by atoms with Crippen molar-refractivity contribution in [2.75, 3.05) is 26.1 Å². The molecule has 0 spiro atoms. The molecule has 1 saturated heterocycles. The van der Waals surface area contributed by atoms with Gasteiger partial charge in [-0.05, 0) is 6.42 Å². The molecule has 0 aromatic carbocycles. The SMILES string of the molecule is C[Si](C)(C)COC/C=C/CCC1OCCO1. The second-order valence-corrected chi connectivity index (χ2v) is 10.7. The Morgan fingerprint density at radius 2 is 1.88 bits per heavy atom. The number of hydrogen-bond donors (Lipinski definition) is 0. The van der Waals surface area contributed by atoms with Gasteiger partial charge in [0.1, 0.15) is 0 Å². The van der Waals surface area contributed by atoms with Crippen LogP contribution >= 0.6 is 0 Å². The highest BCUT2D eigenvalue weighted by molar-refractivity contribution is 6.76. The summed E-state index contributed by atoms with van der Waals surface area (Å²) in [6.45, 7) is 9.15. The van der Waals surface area contributed by atoms with E-state index in [4.69, 9.17) is 14.2 Å². The molecule has 4 heteroatoms. The molecule has 0 N–H and O–H groups in total. The van der Waals surface area contributed by atoms with E-state index in [1.807, 2.05) is 0 Å². The summed E-state index contributed by atoms with van der Waals surface area (Å²) in [5.74, 6) is 0. The molecule has 16 heavy (non-hydrogen) atoms. The molecule has 0 bridgehead atoms. The number of ether oxygens (including phenoxy) is 3. The third-order valence-electron chi connectivity index (χ3n) is 2.18. The summed E-state index contributed by atoms with van der Waals surface area (Å²) >= 11 is 0. The Morgan fingerprint density at radius 3 is 2.50 bits per heavy atom. The first-order valence-electron chi connectivity index (χ1n) is 6.04. The molecular weight excluding hydrogens is 220 g/mol. The summed E-state index contributed by atoms with van der Waals surface area (Å²) in [4.78, 5) is 0. The monoisotopic (exact) mass is 244 g/mol. The topological polar surface area (TPSA) is 27.7 Å². The minimum Gasteiger partial charge on any atom is -0.381 e. The van der Waals surface area contributed by atoms with Crippen molar-refractivity contribution in [2.45, 2.75) is 38.8 Å². The largest absolute Gasteiger partial charge is 0.381 e. The predicted octanol–water partition coefficient (Wildman–Crippen LogP) is 2.59. The summed E-state index contributed by atoms with van der Waals surface area (Å²) in [5.41, 5.74) is 0. The maximum Gasteiger partial charge on any atom is 0.158 e. The minimum absolute atomic E-state index is 0.0209. The minimum atomic E-state index is -1.04. The first kappa shape index (κ1) is 13.9. The van der Waals surface area contributed by atoms with Gasteiger partial charge >= 0.3 is 0 Å². The van der Waals surface area contributed by atoms with Gasteiger partial charge in [-0.1, -0.05) is 31.8 Å². The van der Waals surface area contributed by atoms with Crippen molar-refractivity contribution < 1.29 is 14.2 Å². The molecule has 1 aliphatic rings. The van der Waals surface area contributed by atoms with Crippen LogP contribution < -0.4 is 0 Å². The first-order valence-corrected chi connectivity index (χ1v) is 9.74. The van der Waals surface area contributed by atoms with Crippen LogP contribution in [0.1, 0.15) is 12.8 Å². The molecule has 94 valence electrons. The maximum atomic E-state index is 5.58. The van der Waals surface area contributed by atoms with E-state index in [9.17, 15) is 0 Å². The number of allylic oxidation sites excluding steroid dienone is 1. The molecule has 0 aliphatic carbocycles. The average molecular weight is 244 g/mol. The molecule has 1 fully saturated rings. The van der Waals surface area contributed by atoms with Crippen LogP contribution in [0.4, 0.5) is 0 Å². The molecule has 0 aromatic rings. The lowest BCUT2D eigenvalue weighted by Crippen LogP contribution is -2.28. The van der Waals surface area contributed by atoms with E-state index in [0.717, 1.165) is 38.9 Å². The molecule has 0 atom stereocenters. The Kier molecular flexibility index (Phi) is 6.27. The third kappa shape index (κ3) is 7.17. The Morgan fingerprint density at radius 1 is 1.19 bits per heavy atom. The summed E-state index contributed by atoms with van der Waals surface area (Å²) in [7, 11) is -1.04. The van der Waals surface area contributed by atoms with Gasteiger partial charge in [-0.2, -0.15) is 0 Å². The van der Waals surface area contributed by atoms with Crippen molar-refractivity contribution in [3.63, 3.8) is 0 Å². The zero-order chi connectivity index (χ0) is 11.9. The maximum absolute atomic E-state index is 5.58. The quantitative estimate of drug-likeness (QED) is 0.391. The van der Waals surface area contributed by atoms with Gasteiger partial charge in [-0.15, -0.1) is 0 Å². The van der Waals surface area contributed by atoms with Gasteiger partial charge < -0.3 is 14.2 Å². The molecule has 1 heterocycles. The molecule has 1 aliphatic heterocycles. The van der Waals surface area contributed by atoms with Crippen LogP contribution in [-0.2, 0) is 14.2 Å². The summed E-state index contributed by atoms with van der Waals surface area (Å²) < 4.78 is 16.3.